The molecule has 0 radical (unpaired) electrons. The number of benzene rings is 4. The van der Waals surface area contributed by atoms with Crippen LogP contribution in [0.2, 0.25) is 0 Å². The van der Waals surface area contributed by atoms with Crippen LogP contribution in [-0.2, 0) is 6.42 Å². The Morgan fingerprint density at radius 1 is 0.574 bits per heavy atom. The quantitative estimate of drug-likeness (QED) is 0.134. The van der Waals surface area contributed by atoms with E-state index in [9.17, 15) is 0 Å². The Labute approximate surface area is 278 Å². The van der Waals surface area contributed by atoms with Gasteiger partial charge in [0, 0.05) is 0 Å². The van der Waals surface area contributed by atoms with Gasteiger partial charge in [0.05, 0.1) is 0 Å². The molecule has 5 aromatic rings. The summed E-state index contributed by atoms with van der Waals surface area (Å²) in [5.41, 5.74) is 12.7. The first kappa shape index (κ1) is 25.5. The van der Waals surface area contributed by atoms with E-state index in [1.54, 1.807) is 14.7 Å². The Hall–Kier alpha value is -4.63. The molecule has 4 aromatic carbocycles. The molecule has 6 bridgehead atoms. The van der Waals surface area contributed by atoms with Crippen LogP contribution in [0, 0.1) is 9.49 Å². The second-order valence-electron chi connectivity index (χ2n) is 13.7. The van der Waals surface area contributed by atoms with E-state index in [0.29, 0.717) is 9.84 Å². The molecule has 0 N–H and O–H groups in total. The Bertz CT molecular complexity index is 2210. The zero-order valence-electron chi connectivity index (χ0n) is 25.7. The molecule has 5 atom stereocenters. The Morgan fingerprint density at radius 3 is 2.04 bits per heavy atom. The predicted octanol–water partition coefficient (Wildman–Crippen LogP) is 5.27. The summed E-state index contributed by atoms with van der Waals surface area (Å²) in [6.45, 7) is 0. The summed E-state index contributed by atoms with van der Waals surface area (Å²) in [7, 11) is 0. The number of alkyl halides is 3. The monoisotopic (exact) mass is 723 g/mol. The molecular weight excluding hydrogens is 691 g/mol. The van der Waals surface area contributed by atoms with Crippen LogP contribution in [-0.4, -0.2) is 22.2 Å². The summed E-state index contributed by atoms with van der Waals surface area (Å²) >= 11 is -3.55. The van der Waals surface area contributed by atoms with Gasteiger partial charge in [0.25, 0.3) is 0 Å². The summed E-state index contributed by atoms with van der Waals surface area (Å²) in [6, 6.07) is 39.5. The van der Waals surface area contributed by atoms with Crippen molar-refractivity contribution in [1.82, 2.24) is 9.97 Å². The average molecular weight is 724 g/mol. The third-order valence-electron chi connectivity index (χ3n) is 11.6. The van der Waals surface area contributed by atoms with Crippen molar-refractivity contribution in [2.45, 2.75) is 38.0 Å². The Kier molecular flexibility index (Phi) is 4.78. The predicted molar refractivity (Wildman–Crippen MR) is 183 cm³/mol. The summed E-state index contributed by atoms with van der Waals surface area (Å²) in [4.78, 5) is 21.3. The SMILES string of the molecule is C1=C2CCC3=C1C(C2)C1Cc2ccc(cc2)N2c4nccnc4N3C2[I-]12c1ccccc1N1c3ccccc3N(c3ccccc3)C12. The molecule has 8 aliphatic rings. The maximum atomic E-state index is 5.21. The van der Waals surface area contributed by atoms with Crippen LogP contribution in [0.25, 0.3) is 0 Å². The van der Waals surface area contributed by atoms with E-state index in [1.807, 2.05) is 12.4 Å². The van der Waals surface area contributed by atoms with Gasteiger partial charge < -0.3 is 0 Å². The Morgan fingerprint density at radius 2 is 1.23 bits per heavy atom. The van der Waals surface area contributed by atoms with Crippen LogP contribution in [0.15, 0.2) is 138 Å². The van der Waals surface area contributed by atoms with Gasteiger partial charge in [-0.1, -0.05) is 0 Å². The van der Waals surface area contributed by atoms with E-state index in [-0.39, 0.29) is 8.35 Å². The number of aromatic nitrogens is 2. The fourth-order valence-corrected chi connectivity index (χ4v) is 25.8. The minimum absolute atomic E-state index is 0.116. The van der Waals surface area contributed by atoms with Crippen molar-refractivity contribution in [3.05, 3.63) is 148 Å². The van der Waals surface area contributed by atoms with Crippen LogP contribution < -0.4 is 38.0 Å². The van der Waals surface area contributed by atoms with Gasteiger partial charge in [-0.3, -0.25) is 0 Å². The van der Waals surface area contributed by atoms with Crippen molar-refractivity contribution >= 4 is 40.1 Å². The normalized spacial score (nSPS) is 29.4. The minimum atomic E-state index is -3.55. The first-order valence-electron chi connectivity index (χ1n) is 16.8. The topological polar surface area (TPSA) is 38.7 Å². The Balaban J connectivity index is 1.26. The first-order chi connectivity index (χ1) is 23.3. The second-order valence-corrected chi connectivity index (χ2v) is 22.7. The van der Waals surface area contributed by atoms with Crippen molar-refractivity contribution in [2.24, 2.45) is 5.92 Å². The number of halogens is 1. The van der Waals surface area contributed by atoms with E-state index < -0.39 is 18.4 Å². The number of para-hydroxylation sites is 4. The zero-order valence-corrected chi connectivity index (χ0v) is 27.9. The molecule has 1 spiro atoms. The third-order valence-corrected chi connectivity index (χ3v) is 24.4. The van der Waals surface area contributed by atoms with Gasteiger partial charge in [0.15, 0.2) is 0 Å². The van der Waals surface area contributed by atoms with E-state index in [4.69, 9.17) is 9.97 Å². The number of fused-ring (bicyclic) bond motifs is 10. The van der Waals surface area contributed by atoms with Crippen LogP contribution in [0.3, 0.4) is 0 Å². The first-order valence-corrected chi connectivity index (χ1v) is 21.6. The molecule has 0 saturated carbocycles. The van der Waals surface area contributed by atoms with Gasteiger partial charge in [-0.05, 0) is 0 Å². The van der Waals surface area contributed by atoms with Crippen LogP contribution in [0.4, 0.5) is 40.1 Å². The molecule has 7 heterocycles. The third kappa shape index (κ3) is 2.95. The van der Waals surface area contributed by atoms with Crippen molar-refractivity contribution in [2.75, 3.05) is 19.6 Å². The fraction of sp³-hybridized carbons (Fsp3) is 0.200. The molecule has 0 amide bonds. The summed E-state index contributed by atoms with van der Waals surface area (Å²) in [5.74, 6) is 2.54. The van der Waals surface area contributed by atoms with Gasteiger partial charge in [0.2, 0.25) is 0 Å². The fourth-order valence-electron chi connectivity index (χ4n) is 9.91. The summed E-state index contributed by atoms with van der Waals surface area (Å²) in [6.07, 6.45) is 10.9. The molecule has 5 unspecified atom stereocenters. The van der Waals surface area contributed by atoms with Gasteiger partial charge in [-0.25, -0.2) is 0 Å². The van der Waals surface area contributed by atoms with Gasteiger partial charge in [-0.15, -0.1) is 0 Å². The molecule has 1 aromatic heterocycles. The van der Waals surface area contributed by atoms with Gasteiger partial charge >= 0.3 is 280 Å². The van der Waals surface area contributed by atoms with Crippen molar-refractivity contribution in [3.63, 3.8) is 0 Å². The molecule has 6 nitrogen and oxygen atoms in total. The van der Waals surface area contributed by atoms with Crippen LogP contribution in [0.1, 0.15) is 24.8 Å². The molecule has 0 saturated heterocycles. The van der Waals surface area contributed by atoms with Crippen molar-refractivity contribution in [1.29, 1.82) is 0 Å². The summed E-state index contributed by atoms with van der Waals surface area (Å²) < 4.78 is 2.40. The molecule has 2 aliphatic carbocycles. The molecule has 47 heavy (non-hydrogen) atoms. The van der Waals surface area contributed by atoms with Gasteiger partial charge in [-0.2, -0.15) is 0 Å². The number of anilines is 7. The molecule has 0 fully saturated rings. The van der Waals surface area contributed by atoms with E-state index in [0.717, 1.165) is 30.9 Å². The standard InChI is InChI=1S/C40H32IN6/c1-2-8-27(9-3-1)44-35-12-6-7-13-36(35)46-34-11-5-4-10-31(34)41(39(44)46)32-24-25-14-17-28(18-15-25)45-37-38(43-21-20-42-37)47(40(41)45)33-19-16-26-22-29(32)30(33)23-26/h1-15,17-18,20-21,23,29,32,39-40H,16,19,22,24H2/q-1. The molecule has 13 rings (SSSR count). The zero-order chi connectivity index (χ0) is 30.4. The maximum absolute atomic E-state index is 5.21. The van der Waals surface area contributed by atoms with Crippen LogP contribution in [0.5, 0.6) is 0 Å². The number of rotatable bonds is 1. The number of hydrogen-bond acceptors (Lipinski definition) is 6. The number of hydrogen-bond donors (Lipinski definition) is 0. The van der Waals surface area contributed by atoms with Crippen LogP contribution >= 0.6 is 0 Å². The molecule has 7 heteroatoms. The van der Waals surface area contributed by atoms with Crippen molar-refractivity contribution < 1.29 is 18.4 Å². The average Bonchev–Trinajstić information content (AvgIpc) is 3.84. The molecule has 6 aliphatic heterocycles. The van der Waals surface area contributed by atoms with Gasteiger partial charge in [0.1, 0.15) is 0 Å². The number of allylic oxidation sites excluding steroid dienone is 4. The van der Waals surface area contributed by atoms with Crippen molar-refractivity contribution in [3.8, 4) is 0 Å². The summed E-state index contributed by atoms with van der Waals surface area (Å²) in [5, 5.41) is 0. The van der Waals surface area contributed by atoms with E-state index in [1.165, 1.54) is 46.1 Å². The van der Waals surface area contributed by atoms with E-state index >= 15 is 0 Å². The molecule has 230 valence electrons. The van der Waals surface area contributed by atoms with E-state index in [2.05, 4.69) is 129 Å². The number of nitrogens with zero attached hydrogens (tertiary/aromatic N) is 6. The molecular formula is C40H32IN6-. The second kappa shape index (κ2) is 8.83.